The van der Waals surface area contributed by atoms with Crippen molar-refractivity contribution in [2.24, 2.45) is 0 Å². The smallest absolute Gasteiger partial charge is 0.0120 e. The molecule has 0 spiro atoms. The Bertz CT molecular complexity index is 77.4. The van der Waals surface area contributed by atoms with Crippen LogP contribution in [0.1, 0.15) is 14.4 Å². The number of hydrogen-bond donors (Lipinski definition) is 1. The summed E-state index contributed by atoms with van der Waals surface area (Å²) in [6, 6.07) is 0. The molecule has 0 aliphatic carbocycles. The number of nitrogens with zero attached hydrogens (tertiary/aromatic N) is 2. The second-order valence-electron chi connectivity index (χ2n) is 1.61. The van der Waals surface area contributed by atoms with Crippen LogP contribution >= 0.6 is 0 Å². The van der Waals surface area contributed by atoms with Crippen molar-refractivity contribution in [2.45, 2.75) is 14.4 Å². The molecule has 0 aromatic heterocycles. The van der Waals surface area contributed by atoms with Gasteiger partial charge in [-0.2, -0.15) is 0 Å². The fraction of sp³-hybridized carbons (Fsp3) is 0.833. The van der Waals surface area contributed by atoms with E-state index in [1.807, 2.05) is 19.0 Å². The molecule has 1 radical (unpaired) electrons. The van der Waals surface area contributed by atoms with E-state index in [4.69, 9.17) is 5.41 Å². The molecule has 0 rings (SSSR count). The second kappa shape index (κ2) is 9.53. The van der Waals surface area contributed by atoms with Crippen LogP contribution in [0, 0.1) is 5.41 Å². The third-order valence-electron chi connectivity index (χ3n) is 1.13. The minimum atomic E-state index is 0. The van der Waals surface area contributed by atoms with Gasteiger partial charge in [0, 0.05) is 46.3 Å². The van der Waals surface area contributed by atoms with Crippen LogP contribution in [-0.4, -0.2) is 37.0 Å². The van der Waals surface area contributed by atoms with Gasteiger partial charge in [-0.3, -0.25) is 11.3 Å². The van der Waals surface area contributed by atoms with Crippen LogP contribution in [0.25, 0.3) is 0 Å². The van der Waals surface area contributed by atoms with Crippen molar-refractivity contribution in [2.75, 3.05) is 20.6 Å². The summed E-state index contributed by atoms with van der Waals surface area (Å²) in [6.45, 7) is 2.93. The van der Waals surface area contributed by atoms with Gasteiger partial charge < -0.3 is 10.4 Å². The van der Waals surface area contributed by atoms with Crippen molar-refractivity contribution in [1.82, 2.24) is 10.0 Å². The summed E-state index contributed by atoms with van der Waals surface area (Å²) in [5.41, 5.74) is 0. The van der Waals surface area contributed by atoms with E-state index >= 15 is 0 Å². The first-order valence-corrected chi connectivity index (χ1v) is 2.59. The van der Waals surface area contributed by atoms with Crippen molar-refractivity contribution >= 4 is 6.34 Å². The molecule has 4 heteroatoms. The molecule has 0 aliphatic rings. The van der Waals surface area contributed by atoms with Gasteiger partial charge in [0.05, 0.1) is 0 Å². The average Bonchev–Trinajstić information content (AvgIpc) is 1.84. The molecule has 0 aliphatic heterocycles. The molecule has 1 N–H and O–H groups in total. The molecule has 0 bridgehead atoms. The summed E-state index contributed by atoms with van der Waals surface area (Å²) in [6.07, 6.45) is 2.22. The van der Waals surface area contributed by atoms with Gasteiger partial charge in [-0.1, -0.05) is 14.4 Å². The van der Waals surface area contributed by atoms with E-state index in [0.717, 1.165) is 6.54 Å². The third kappa shape index (κ3) is 6.65. The first kappa shape index (κ1) is 16.9. The molecule has 59 valence electrons. The number of hydrazine groups is 1. The monoisotopic (exact) mass is 219 g/mol. The van der Waals surface area contributed by atoms with E-state index < -0.39 is 0 Å². The van der Waals surface area contributed by atoms with Gasteiger partial charge in [0.15, 0.2) is 0 Å². The summed E-state index contributed by atoms with van der Waals surface area (Å²) >= 11 is 0. The standard InChI is InChI=1S/C5H12N3.CH4.Y/c1-4-7(2)8(3)5-6;;/h6H,4H2,1-3H3;1H4;/q-1;;. The van der Waals surface area contributed by atoms with Gasteiger partial charge in [0.1, 0.15) is 0 Å². The third-order valence-corrected chi connectivity index (χ3v) is 1.13. The molecule has 0 atom stereocenters. The fourth-order valence-electron chi connectivity index (χ4n) is 0.297. The fourth-order valence-corrected chi connectivity index (χ4v) is 0.297. The first-order valence-electron chi connectivity index (χ1n) is 2.59. The van der Waals surface area contributed by atoms with E-state index in [2.05, 4.69) is 6.34 Å². The molecular weight excluding hydrogens is 203 g/mol. The molecule has 0 amide bonds. The predicted octanol–water partition coefficient (Wildman–Crippen LogP) is 0.903. The van der Waals surface area contributed by atoms with E-state index in [9.17, 15) is 0 Å². The number of rotatable bonds is 3. The number of nitrogens with one attached hydrogen (secondary N) is 1. The normalized spacial score (nSPS) is 7.60. The van der Waals surface area contributed by atoms with Crippen LogP contribution in [0.2, 0.25) is 0 Å². The zero-order chi connectivity index (χ0) is 6.57. The maximum Gasteiger partial charge on any atom is 0.0120 e. The molecule has 10 heavy (non-hydrogen) atoms. The van der Waals surface area contributed by atoms with Crippen LogP contribution in [0.3, 0.4) is 0 Å². The largest absolute Gasteiger partial charge is 0.497 e. The molecule has 0 saturated heterocycles. The Hall–Kier alpha value is 0.534. The van der Waals surface area contributed by atoms with Crippen LogP contribution in [0.15, 0.2) is 0 Å². The maximum atomic E-state index is 6.68. The Labute approximate surface area is 89.1 Å². The van der Waals surface area contributed by atoms with Gasteiger partial charge in [0.2, 0.25) is 0 Å². The van der Waals surface area contributed by atoms with Crippen molar-refractivity contribution < 1.29 is 32.7 Å². The van der Waals surface area contributed by atoms with Gasteiger partial charge in [-0.25, -0.2) is 0 Å². The summed E-state index contributed by atoms with van der Waals surface area (Å²) in [5, 5.41) is 10.2. The van der Waals surface area contributed by atoms with E-state index in [1.54, 1.807) is 12.1 Å². The molecule has 0 heterocycles. The molecule has 0 unspecified atom stereocenters. The summed E-state index contributed by atoms with van der Waals surface area (Å²) in [5.74, 6) is 0. The topological polar surface area (TPSA) is 30.3 Å². The zero-order valence-electron chi connectivity index (χ0n) is 6.18. The van der Waals surface area contributed by atoms with Gasteiger partial charge in [-0.05, 0) is 7.05 Å². The van der Waals surface area contributed by atoms with Gasteiger partial charge >= 0.3 is 0 Å². The SMILES string of the molecule is C.CCN(C)N(C)[C-]=N.[Y]. The van der Waals surface area contributed by atoms with Gasteiger partial charge in [0.25, 0.3) is 0 Å². The maximum absolute atomic E-state index is 6.68. The molecule has 0 saturated carbocycles. The van der Waals surface area contributed by atoms with Crippen LogP contribution < -0.4 is 0 Å². The second-order valence-corrected chi connectivity index (χ2v) is 1.61. The first-order chi connectivity index (χ1) is 3.72. The summed E-state index contributed by atoms with van der Waals surface area (Å²) < 4.78 is 0. The Morgan fingerprint density at radius 1 is 1.40 bits per heavy atom. The van der Waals surface area contributed by atoms with Crippen LogP contribution in [0.5, 0.6) is 0 Å². The quantitative estimate of drug-likeness (QED) is 0.251. The minimum Gasteiger partial charge on any atom is -0.497 e. The summed E-state index contributed by atoms with van der Waals surface area (Å²) in [4.78, 5) is 0. The Morgan fingerprint density at radius 2 is 1.80 bits per heavy atom. The van der Waals surface area contributed by atoms with E-state index in [1.165, 1.54) is 0 Å². The Balaban J connectivity index is -0.000000245. The van der Waals surface area contributed by atoms with Gasteiger partial charge in [-0.15, -0.1) is 0 Å². The molecule has 0 aromatic carbocycles. The Kier molecular flexibility index (Phi) is 16.1. The summed E-state index contributed by atoms with van der Waals surface area (Å²) in [7, 11) is 3.69. The molecule has 0 aromatic rings. The van der Waals surface area contributed by atoms with E-state index in [-0.39, 0.29) is 40.1 Å². The molecule has 3 nitrogen and oxygen atoms in total. The van der Waals surface area contributed by atoms with Crippen LogP contribution in [-0.2, 0) is 32.7 Å². The Morgan fingerprint density at radius 3 is 1.90 bits per heavy atom. The molecular formula is C6H16N3Y-. The minimum absolute atomic E-state index is 0. The van der Waals surface area contributed by atoms with Crippen molar-refractivity contribution in [3.8, 4) is 0 Å². The van der Waals surface area contributed by atoms with E-state index in [0.29, 0.717) is 0 Å². The predicted molar refractivity (Wildman–Crippen MR) is 40.5 cm³/mol. The van der Waals surface area contributed by atoms with Crippen LogP contribution in [0.4, 0.5) is 0 Å². The van der Waals surface area contributed by atoms with Crippen molar-refractivity contribution in [1.29, 1.82) is 5.41 Å². The van der Waals surface area contributed by atoms with Crippen molar-refractivity contribution in [3.63, 3.8) is 0 Å². The molecule has 0 fully saturated rings. The van der Waals surface area contributed by atoms with Crippen molar-refractivity contribution in [3.05, 3.63) is 0 Å². The number of hydrogen-bond acceptors (Lipinski definition) is 2. The zero-order valence-corrected chi connectivity index (χ0v) is 9.02. The average molecular weight is 219 g/mol.